The van der Waals surface area contributed by atoms with Gasteiger partial charge in [0.25, 0.3) is 5.91 Å². The molecule has 0 unspecified atom stereocenters. The molecular formula is C33H42FN3O6Si. The third-order valence-electron chi connectivity index (χ3n) is 10.1. The highest BCUT2D eigenvalue weighted by Gasteiger charge is 2.67. The van der Waals surface area contributed by atoms with Crippen LogP contribution in [-0.2, 0) is 31.3 Å². The highest BCUT2D eigenvalue weighted by atomic mass is 28.4. The molecule has 3 amide bonds. The number of hydrogen-bond donors (Lipinski definition) is 1. The van der Waals surface area contributed by atoms with Gasteiger partial charge in [-0.1, -0.05) is 19.1 Å². The number of nitrogens with zero attached hydrogens (tertiary/aromatic N) is 3. The number of methoxy groups -OCH3 is 1. The normalized spacial score (nSPS) is 28.5. The SMILES string of the molecule is COc1ccc2c(c1)[C@]1(O[C@@H](CC(=O)N3CCC[C@H]3CO)[C@H]([Si](C)(C)F)[C@H]1C)C(=O)N2Cc1cccc(N2CCCC2=O)c1. The van der Waals surface area contributed by atoms with E-state index in [2.05, 4.69) is 0 Å². The molecule has 4 heterocycles. The molecule has 0 aliphatic carbocycles. The number of benzene rings is 2. The molecule has 3 fully saturated rings. The summed E-state index contributed by atoms with van der Waals surface area (Å²) in [4.78, 5) is 45.8. The third kappa shape index (κ3) is 5.02. The zero-order valence-corrected chi connectivity index (χ0v) is 26.9. The number of halogens is 1. The fraction of sp³-hybridized carbons (Fsp3) is 0.545. The van der Waals surface area contributed by atoms with E-state index in [9.17, 15) is 19.5 Å². The zero-order valence-electron chi connectivity index (χ0n) is 25.9. The summed E-state index contributed by atoms with van der Waals surface area (Å²) >= 11 is 0. The second-order valence-corrected chi connectivity index (χ2v) is 16.9. The fourth-order valence-corrected chi connectivity index (χ4v) is 10.6. The molecule has 4 aliphatic heterocycles. The number of aliphatic hydroxyl groups excluding tert-OH is 1. The lowest BCUT2D eigenvalue weighted by Crippen LogP contribution is -2.45. The van der Waals surface area contributed by atoms with E-state index in [1.807, 2.05) is 37.3 Å². The van der Waals surface area contributed by atoms with Crippen LogP contribution in [0.3, 0.4) is 0 Å². The molecule has 4 aliphatic rings. The lowest BCUT2D eigenvalue weighted by Gasteiger charge is -2.31. The molecule has 11 heteroatoms. The average Bonchev–Trinajstić information content (AvgIpc) is 3.76. The zero-order chi connectivity index (χ0) is 31.4. The molecule has 0 aromatic heterocycles. The smallest absolute Gasteiger partial charge is 0.264 e. The molecule has 0 bridgehead atoms. The Morgan fingerprint density at radius 2 is 1.95 bits per heavy atom. The number of aliphatic hydroxyl groups is 1. The van der Waals surface area contributed by atoms with Gasteiger partial charge >= 0.3 is 0 Å². The van der Waals surface area contributed by atoms with E-state index in [1.165, 1.54) is 0 Å². The number of carbonyl (C=O) groups excluding carboxylic acids is 3. The van der Waals surface area contributed by atoms with E-state index >= 15 is 4.11 Å². The summed E-state index contributed by atoms with van der Waals surface area (Å²) in [5, 5.41) is 9.81. The fourth-order valence-electron chi connectivity index (χ4n) is 8.08. The Bertz CT molecular complexity index is 1470. The molecule has 2 aromatic carbocycles. The highest BCUT2D eigenvalue weighted by molar-refractivity contribution is 6.72. The molecule has 5 atom stereocenters. The molecule has 6 rings (SSSR count). The maximum atomic E-state index is 16.2. The van der Waals surface area contributed by atoms with Crippen LogP contribution in [0, 0.1) is 5.92 Å². The number of likely N-dealkylation sites (tertiary alicyclic amines) is 1. The summed E-state index contributed by atoms with van der Waals surface area (Å²) in [6, 6.07) is 12.9. The summed E-state index contributed by atoms with van der Waals surface area (Å²) in [6.07, 6.45) is 2.04. The average molecular weight is 624 g/mol. The molecule has 0 saturated carbocycles. The number of ether oxygens (including phenoxy) is 2. The summed E-state index contributed by atoms with van der Waals surface area (Å²) in [5.41, 5.74) is 0.835. The Labute approximate surface area is 259 Å². The van der Waals surface area contributed by atoms with Crippen LogP contribution >= 0.6 is 0 Å². The second-order valence-electron chi connectivity index (χ2n) is 13.1. The molecule has 3 saturated heterocycles. The van der Waals surface area contributed by atoms with Crippen molar-refractivity contribution < 1.29 is 33.1 Å². The van der Waals surface area contributed by atoms with Crippen LogP contribution in [0.4, 0.5) is 15.5 Å². The molecule has 1 N–H and O–H groups in total. The van der Waals surface area contributed by atoms with E-state index in [1.54, 1.807) is 47.0 Å². The molecule has 236 valence electrons. The Morgan fingerprint density at radius 3 is 2.64 bits per heavy atom. The van der Waals surface area contributed by atoms with Gasteiger partial charge in [0.05, 0.1) is 44.5 Å². The van der Waals surface area contributed by atoms with E-state index in [0.717, 1.165) is 30.5 Å². The summed E-state index contributed by atoms with van der Waals surface area (Å²) in [7, 11) is -1.90. The van der Waals surface area contributed by atoms with Gasteiger partial charge < -0.3 is 33.4 Å². The van der Waals surface area contributed by atoms with E-state index in [4.69, 9.17) is 9.47 Å². The number of anilines is 2. The van der Waals surface area contributed by atoms with Crippen molar-refractivity contribution >= 4 is 37.5 Å². The van der Waals surface area contributed by atoms with Crippen molar-refractivity contribution in [2.24, 2.45) is 5.92 Å². The van der Waals surface area contributed by atoms with Crippen molar-refractivity contribution in [3.8, 4) is 5.75 Å². The van der Waals surface area contributed by atoms with E-state index in [-0.39, 0.29) is 43.3 Å². The van der Waals surface area contributed by atoms with E-state index < -0.39 is 31.6 Å². The summed E-state index contributed by atoms with van der Waals surface area (Å²) in [6.45, 7) is 6.46. The van der Waals surface area contributed by atoms with Gasteiger partial charge in [0.2, 0.25) is 20.2 Å². The monoisotopic (exact) mass is 623 g/mol. The first-order chi connectivity index (χ1) is 21.0. The number of fused-ring (bicyclic) bond motifs is 2. The number of hydrogen-bond acceptors (Lipinski definition) is 6. The molecule has 44 heavy (non-hydrogen) atoms. The minimum Gasteiger partial charge on any atom is -0.497 e. The van der Waals surface area contributed by atoms with Crippen molar-refractivity contribution in [2.75, 3.05) is 36.6 Å². The Balaban J connectivity index is 1.37. The summed E-state index contributed by atoms with van der Waals surface area (Å²) < 4.78 is 28.6. The topological polar surface area (TPSA) is 99.6 Å². The predicted octanol–water partition coefficient (Wildman–Crippen LogP) is 4.52. The maximum absolute atomic E-state index is 16.2. The van der Waals surface area contributed by atoms with Crippen LogP contribution in [0.25, 0.3) is 0 Å². The van der Waals surface area contributed by atoms with Crippen LogP contribution in [-0.4, -0.2) is 75.1 Å². The van der Waals surface area contributed by atoms with Gasteiger partial charge in [-0.05, 0) is 68.3 Å². The Morgan fingerprint density at radius 1 is 1.16 bits per heavy atom. The predicted molar refractivity (Wildman–Crippen MR) is 167 cm³/mol. The summed E-state index contributed by atoms with van der Waals surface area (Å²) in [5.74, 6) is -0.369. The van der Waals surface area contributed by atoms with Gasteiger partial charge in [0.1, 0.15) is 5.75 Å². The van der Waals surface area contributed by atoms with Gasteiger partial charge in [0, 0.05) is 42.2 Å². The first-order valence-electron chi connectivity index (χ1n) is 15.7. The van der Waals surface area contributed by atoms with Crippen LogP contribution < -0.4 is 14.5 Å². The number of rotatable bonds is 8. The van der Waals surface area contributed by atoms with Crippen molar-refractivity contribution in [1.29, 1.82) is 0 Å². The standard InChI is InChI=1S/C33H42FN3O6Si/c1-21-31(44(3,4)34)28(18-30(40)36-14-6-10-24(36)20-38)43-33(21)26-17-25(42-2)12-13-27(26)37(32(33)41)19-22-8-5-9-23(16-22)35-15-7-11-29(35)39/h5,8-9,12-13,16-17,21,24,28,31,38H,6-7,10-11,14-15,18-20H2,1-4H3/t21-,24+,28+,31-,33+/m1/s1. The third-order valence-corrected chi connectivity index (χ3v) is 12.5. The van der Waals surface area contributed by atoms with Crippen LogP contribution in [0.2, 0.25) is 18.6 Å². The van der Waals surface area contributed by atoms with Crippen LogP contribution in [0.15, 0.2) is 42.5 Å². The second kappa shape index (κ2) is 11.6. The van der Waals surface area contributed by atoms with Gasteiger partial charge in [-0.15, -0.1) is 0 Å². The van der Waals surface area contributed by atoms with Gasteiger partial charge in [-0.3, -0.25) is 14.4 Å². The van der Waals surface area contributed by atoms with Gasteiger partial charge in [0.15, 0.2) is 5.60 Å². The van der Waals surface area contributed by atoms with Crippen molar-refractivity contribution in [1.82, 2.24) is 4.90 Å². The molecule has 0 radical (unpaired) electrons. The number of amides is 3. The quantitative estimate of drug-likeness (QED) is 0.343. The lowest BCUT2D eigenvalue weighted by molar-refractivity contribution is -0.150. The molecule has 1 spiro atoms. The first-order valence-corrected chi connectivity index (χ1v) is 18.6. The van der Waals surface area contributed by atoms with Gasteiger partial charge in [-0.2, -0.15) is 0 Å². The highest BCUT2D eigenvalue weighted by Crippen LogP contribution is 2.60. The minimum atomic E-state index is -3.46. The lowest BCUT2D eigenvalue weighted by atomic mass is 9.82. The van der Waals surface area contributed by atoms with Crippen molar-refractivity contribution in [3.05, 3.63) is 53.6 Å². The van der Waals surface area contributed by atoms with Crippen LogP contribution in [0.1, 0.15) is 50.2 Å². The molecule has 2 aromatic rings. The molecular weight excluding hydrogens is 581 g/mol. The van der Waals surface area contributed by atoms with Crippen LogP contribution in [0.5, 0.6) is 5.75 Å². The Kier molecular flexibility index (Phi) is 8.08. The maximum Gasteiger partial charge on any atom is 0.264 e. The minimum absolute atomic E-state index is 0.0495. The van der Waals surface area contributed by atoms with Gasteiger partial charge in [-0.25, -0.2) is 0 Å². The molecule has 9 nitrogen and oxygen atoms in total. The number of carbonyl (C=O) groups is 3. The Hall–Kier alpha value is -3.28. The first kappa shape index (κ1) is 30.7. The van der Waals surface area contributed by atoms with E-state index in [0.29, 0.717) is 36.5 Å². The largest absolute Gasteiger partial charge is 0.497 e. The van der Waals surface area contributed by atoms with Crippen molar-refractivity contribution in [3.63, 3.8) is 0 Å². The van der Waals surface area contributed by atoms with Crippen molar-refractivity contribution in [2.45, 2.75) is 82.0 Å².